The molecule has 1 aliphatic carbocycles. The first-order chi connectivity index (χ1) is 19.0. The number of nitrogens with zero attached hydrogens (tertiary/aromatic N) is 2. The molecule has 2 N–H and O–H groups in total. The van der Waals surface area contributed by atoms with Crippen molar-refractivity contribution in [1.82, 2.24) is 9.88 Å². The van der Waals surface area contributed by atoms with E-state index in [0.717, 1.165) is 34.3 Å². The standard InChI is InChI=1S/C30H36ClN3O5S/c1-20(19-35)32-28(36)21-7-5-12-30(17-21)25-8-3-4-9-27(25)34(29(30)37)18-24-16-22-15-23(31)10-11-26(22)33(24)13-6-14-40(2,38)39/h3-4,8-11,15-16,20-21,35H,5-7,12-14,17-19H2,1-2H3,(H,32,36). The number of aryl methyl sites for hydroxylation is 1. The second-order valence-electron chi connectivity index (χ2n) is 11.3. The van der Waals surface area contributed by atoms with Crippen molar-refractivity contribution in [1.29, 1.82) is 0 Å². The van der Waals surface area contributed by atoms with Gasteiger partial charge in [0, 0.05) is 52.1 Å². The van der Waals surface area contributed by atoms with E-state index in [2.05, 4.69) is 9.88 Å². The molecule has 214 valence electrons. The van der Waals surface area contributed by atoms with Crippen molar-refractivity contribution in [2.45, 2.75) is 63.6 Å². The average Bonchev–Trinajstić information content (AvgIpc) is 3.36. The monoisotopic (exact) mass is 585 g/mol. The Morgan fingerprint density at radius 2 is 2.00 bits per heavy atom. The molecule has 8 nitrogen and oxygen atoms in total. The number of carbonyl (C=O) groups excluding carboxylic acids is 2. The van der Waals surface area contributed by atoms with E-state index in [1.807, 2.05) is 53.4 Å². The highest BCUT2D eigenvalue weighted by molar-refractivity contribution is 7.90. The number of sulfone groups is 1. The number of benzene rings is 2. The van der Waals surface area contributed by atoms with Gasteiger partial charge >= 0.3 is 0 Å². The number of hydrogen-bond donors (Lipinski definition) is 2. The molecule has 2 heterocycles. The highest BCUT2D eigenvalue weighted by Crippen LogP contribution is 2.52. The SMILES string of the molecule is CC(CO)NC(=O)C1CCCC2(C1)C(=O)N(Cc1cc3cc(Cl)ccc3n1CCCS(C)(=O)=O)c1ccccc12. The number of aromatic nitrogens is 1. The fourth-order valence-electron chi connectivity index (χ4n) is 6.44. The summed E-state index contributed by atoms with van der Waals surface area (Å²) in [6.45, 7) is 2.44. The van der Waals surface area contributed by atoms with E-state index < -0.39 is 15.3 Å². The Hall–Kier alpha value is -2.88. The van der Waals surface area contributed by atoms with E-state index in [4.69, 9.17) is 11.6 Å². The minimum Gasteiger partial charge on any atom is -0.394 e. The summed E-state index contributed by atoms with van der Waals surface area (Å²) in [5, 5.41) is 13.8. The zero-order valence-electron chi connectivity index (χ0n) is 22.9. The fourth-order valence-corrected chi connectivity index (χ4v) is 7.27. The van der Waals surface area contributed by atoms with Crippen molar-refractivity contribution in [2.75, 3.05) is 23.5 Å². The minimum atomic E-state index is -3.11. The summed E-state index contributed by atoms with van der Waals surface area (Å²) in [4.78, 5) is 29.2. The van der Waals surface area contributed by atoms with Gasteiger partial charge in [0.1, 0.15) is 9.84 Å². The van der Waals surface area contributed by atoms with Crippen LogP contribution in [0.15, 0.2) is 48.5 Å². The molecule has 2 aromatic carbocycles. The molecule has 40 heavy (non-hydrogen) atoms. The second-order valence-corrected chi connectivity index (χ2v) is 14.0. The molecule has 2 amide bonds. The van der Waals surface area contributed by atoms with Crippen LogP contribution in [0, 0.1) is 5.92 Å². The minimum absolute atomic E-state index is 0.00705. The molecular weight excluding hydrogens is 550 g/mol. The van der Waals surface area contributed by atoms with E-state index in [1.165, 1.54) is 6.26 Å². The smallest absolute Gasteiger partial charge is 0.238 e. The number of rotatable bonds is 9. The largest absolute Gasteiger partial charge is 0.394 e. The number of aliphatic hydroxyl groups excluding tert-OH is 1. The summed E-state index contributed by atoms with van der Waals surface area (Å²) < 4.78 is 25.7. The molecule has 1 fully saturated rings. The number of para-hydroxylation sites is 1. The number of anilines is 1. The van der Waals surface area contributed by atoms with Crippen LogP contribution in [0.2, 0.25) is 5.02 Å². The van der Waals surface area contributed by atoms with Crippen molar-refractivity contribution in [3.8, 4) is 0 Å². The number of aliphatic hydroxyl groups is 1. The van der Waals surface area contributed by atoms with Gasteiger partial charge in [-0.2, -0.15) is 0 Å². The molecule has 5 rings (SSSR count). The first-order valence-corrected chi connectivity index (χ1v) is 16.2. The lowest BCUT2D eigenvalue weighted by Crippen LogP contribution is -2.47. The van der Waals surface area contributed by atoms with Crippen LogP contribution in [0.3, 0.4) is 0 Å². The quantitative estimate of drug-likeness (QED) is 0.391. The third-order valence-corrected chi connectivity index (χ3v) is 9.58. The zero-order valence-corrected chi connectivity index (χ0v) is 24.5. The molecule has 1 aliphatic heterocycles. The van der Waals surface area contributed by atoms with E-state index in [-0.39, 0.29) is 36.1 Å². The van der Waals surface area contributed by atoms with Gasteiger partial charge in [-0.05, 0) is 68.5 Å². The van der Waals surface area contributed by atoms with E-state index in [9.17, 15) is 23.1 Å². The lowest BCUT2D eigenvalue weighted by molar-refractivity contribution is -0.130. The Morgan fingerprint density at radius 3 is 2.75 bits per heavy atom. The highest BCUT2D eigenvalue weighted by atomic mass is 35.5. The van der Waals surface area contributed by atoms with E-state index >= 15 is 0 Å². The van der Waals surface area contributed by atoms with Gasteiger partial charge in [-0.1, -0.05) is 36.2 Å². The van der Waals surface area contributed by atoms with Crippen molar-refractivity contribution >= 4 is 49.8 Å². The predicted octanol–water partition coefficient (Wildman–Crippen LogP) is 4.20. The number of carbonyl (C=O) groups is 2. The van der Waals surface area contributed by atoms with Gasteiger partial charge < -0.3 is 19.9 Å². The van der Waals surface area contributed by atoms with Crippen LogP contribution in [0.25, 0.3) is 10.9 Å². The van der Waals surface area contributed by atoms with Crippen LogP contribution in [-0.2, 0) is 37.9 Å². The zero-order chi connectivity index (χ0) is 28.7. The maximum absolute atomic E-state index is 14.4. The molecule has 0 saturated heterocycles. The summed E-state index contributed by atoms with van der Waals surface area (Å²) in [7, 11) is -3.11. The van der Waals surface area contributed by atoms with Gasteiger partial charge in [-0.3, -0.25) is 9.59 Å². The van der Waals surface area contributed by atoms with Gasteiger partial charge in [-0.15, -0.1) is 0 Å². The van der Waals surface area contributed by atoms with Crippen LogP contribution in [0.4, 0.5) is 5.69 Å². The molecule has 10 heteroatoms. The van der Waals surface area contributed by atoms with Crippen LogP contribution in [0.1, 0.15) is 50.3 Å². The van der Waals surface area contributed by atoms with E-state index in [1.54, 1.807) is 6.92 Å². The molecular formula is C30H36ClN3O5S. The summed E-state index contributed by atoms with van der Waals surface area (Å²) in [5.74, 6) is -0.365. The van der Waals surface area contributed by atoms with Crippen molar-refractivity contribution in [3.05, 3.63) is 64.8 Å². The Bertz CT molecular complexity index is 1550. The molecule has 2 aliphatic rings. The van der Waals surface area contributed by atoms with Gasteiger partial charge in [0.25, 0.3) is 0 Å². The maximum atomic E-state index is 14.4. The maximum Gasteiger partial charge on any atom is 0.238 e. The molecule has 3 aromatic rings. The normalized spacial score (nSPS) is 21.6. The Morgan fingerprint density at radius 1 is 1.23 bits per heavy atom. The van der Waals surface area contributed by atoms with Crippen LogP contribution < -0.4 is 10.2 Å². The van der Waals surface area contributed by atoms with Gasteiger partial charge in [0.05, 0.1) is 24.3 Å². The number of fused-ring (bicyclic) bond motifs is 3. The molecule has 3 atom stereocenters. The highest BCUT2D eigenvalue weighted by Gasteiger charge is 2.53. The van der Waals surface area contributed by atoms with Crippen molar-refractivity contribution in [3.63, 3.8) is 0 Å². The van der Waals surface area contributed by atoms with Crippen LogP contribution in [0.5, 0.6) is 0 Å². The predicted molar refractivity (Wildman–Crippen MR) is 157 cm³/mol. The van der Waals surface area contributed by atoms with Gasteiger partial charge in [0.15, 0.2) is 0 Å². The number of halogens is 1. The van der Waals surface area contributed by atoms with Gasteiger partial charge in [0.2, 0.25) is 11.8 Å². The van der Waals surface area contributed by atoms with Crippen molar-refractivity contribution in [2.24, 2.45) is 5.92 Å². The van der Waals surface area contributed by atoms with Crippen LogP contribution in [-0.4, -0.2) is 54.6 Å². The summed E-state index contributed by atoms with van der Waals surface area (Å²) >= 11 is 6.28. The first kappa shape index (κ1) is 28.6. The molecule has 1 spiro atoms. The molecule has 1 aromatic heterocycles. The van der Waals surface area contributed by atoms with Gasteiger partial charge in [-0.25, -0.2) is 8.42 Å². The summed E-state index contributed by atoms with van der Waals surface area (Å²) in [6, 6.07) is 15.2. The topological polar surface area (TPSA) is 109 Å². The molecule has 3 unspecified atom stereocenters. The lowest BCUT2D eigenvalue weighted by Gasteiger charge is -2.37. The molecule has 1 saturated carbocycles. The number of hydrogen-bond acceptors (Lipinski definition) is 5. The first-order valence-electron chi connectivity index (χ1n) is 13.8. The summed E-state index contributed by atoms with van der Waals surface area (Å²) in [5.41, 5.74) is 2.86. The lowest BCUT2D eigenvalue weighted by atomic mass is 9.66. The Balaban J connectivity index is 1.48. The average molecular weight is 586 g/mol. The third-order valence-electron chi connectivity index (χ3n) is 8.32. The Labute approximate surface area is 240 Å². The summed E-state index contributed by atoms with van der Waals surface area (Å²) in [6.07, 6.45) is 4.25. The fraction of sp³-hybridized carbons (Fsp3) is 0.467. The molecule has 0 radical (unpaired) electrons. The third kappa shape index (κ3) is 5.51. The number of amides is 2. The Kier molecular flexibility index (Phi) is 8.01. The molecule has 0 bridgehead atoms. The second kappa shape index (κ2) is 11.2. The van der Waals surface area contributed by atoms with E-state index in [0.29, 0.717) is 43.8 Å². The van der Waals surface area contributed by atoms with Crippen molar-refractivity contribution < 1.29 is 23.1 Å². The van der Waals surface area contributed by atoms with Crippen LogP contribution >= 0.6 is 11.6 Å². The number of nitrogens with one attached hydrogen (secondary N) is 1.